The maximum atomic E-state index is 14.0. The number of piperazine rings is 1. The standard InChI is InChI=1S/C34H28ClF6N5O/c1-21-3-4-24(32(47)42-27-9-6-25(28(19-27)33(36,37)38)20-46-15-13-45(2)14-16-46)17-22(21)5-8-26-10-12-31(44-43-26)23-7-11-30(35)29(18-23)34(39,40)41/h3-4,6-7,9-12,17-19H,13-16,20H2,1-2H3,(H,42,47). The third kappa shape index (κ3) is 8.48. The van der Waals surface area contributed by atoms with Crippen LogP contribution in [0.3, 0.4) is 0 Å². The zero-order valence-electron chi connectivity index (χ0n) is 25.2. The average Bonchev–Trinajstić information content (AvgIpc) is 3.02. The minimum Gasteiger partial charge on any atom is -0.322 e. The highest BCUT2D eigenvalue weighted by Gasteiger charge is 2.35. The molecule has 1 aliphatic heterocycles. The number of carbonyl (C=O) groups excluding carboxylic acids is 1. The van der Waals surface area contributed by atoms with Gasteiger partial charge in [-0.15, -0.1) is 10.2 Å². The minimum atomic E-state index is -4.63. The van der Waals surface area contributed by atoms with Crippen molar-refractivity contribution in [3.05, 3.63) is 111 Å². The molecule has 244 valence electrons. The van der Waals surface area contributed by atoms with Crippen molar-refractivity contribution in [3.63, 3.8) is 0 Å². The summed E-state index contributed by atoms with van der Waals surface area (Å²) in [4.78, 5) is 17.2. The van der Waals surface area contributed by atoms with Crippen LogP contribution in [0.1, 0.15) is 43.9 Å². The Hall–Kier alpha value is -4.44. The fourth-order valence-corrected chi connectivity index (χ4v) is 5.21. The summed E-state index contributed by atoms with van der Waals surface area (Å²) in [6, 6.07) is 14.9. The van der Waals surface area contributed by atoms with E-state index in [0.717, 1.165) is 36.9 Å². The van der Waals surface area contributed by atoms with E-state index in [2.05, 4.69) is 32.3 Å². The first-order chi connectivity index (χ1) is 22.2. The first kappa shape index (κ1) is 33.9. The van der Waals surface area contributed by atoms with Gasteiger partial charge < -0.3 is 10.2 Å². The van der Waals surface area contributed by atoms with Gasteiger partial charge in [-0.25, -0.2) is 0 Å². The van der Waals surface area contributed by atoms with Crippen molar-refractivity contribution < 1.29 is 31.1 Å². The van der Waals surface area contributed by atoms with Crippen LogP contribution in [0.25, 0.3) is 11.3 Å². The molecule has 0 spiro atoms. The Bertz CT molecular complexity index is 1840. The van der Waals surface area contributed by atoms with E-state index in [0.29, 0.717) is 18.7 Å². The van der Waals surface area contributed by atoms with Crippen molar-refractivity contribution >= 4 is 23.2 Å². The van der Waals surface area contributed by atoms with E-state index in [1.807, 2.05) is 11.9 Å². The summed E-state index contributed by atoms with van der Waals surface area (Å²) >= 11 is 5.70. The summed E-state index contributed by atoms with van der Waals surface area (Å²) in [5.74, 6) is 5.11. The van der Waals surface area contributed by atoms with Gasteiger partial charge in [-0.1, -0.05) is 35.7 Å². The molecule has 5 rings (SSSR count). The van der Waals surface area contributed by atoms with Crippen molar-refractivity contribution in [3.8, 4) is 23.1 Å². The summed E-state index contributed by atoms with van der Waals surface area (Å²) in [7, 11) is 1.97. The maximum Gasteiger partial charge on any atom is 0.417 e. The van der Waals surface area contributed by atoms with Crippen LogP contribution in [0.5, 0.6) is 0 Å². The lowest BCUT2D eigenvalue weighted by Gasteiger charge is -2.33. The number of aromatic nitrogens is 2. The summed E-state index contributed by atoms with van der Waals surface area (Å²) in [6.45, 7) is 4.81. The zero-order chi connectivity index (χ0) is 33.9. The number of anilines is 1. The first-order valence-electron chi connectivity index (χ1n) is 14.4. The van der Waals surface area contributed by atoms with Crippen LogP contribution in [0.2, 0.25) is 5.02 Å². The molecule has 0 saturated carbocycles. The molecular formula is C34H28ClF6N5O. The largest absolute Gasteiger partial charge is 0.417 e. The van der Waals surface area contributed by atoms with Crippen molar-refractivity contribution in [2.24, 2.45) is 0 Å². The van der Waals surface area contributed by atoms with E-state index >= 15 is 0 Å². The number of carbonyl (C=O) groups is 1. The van der Waals surface area contributed by atoms with Crippen LogP contribution in [-0.4, -0.2) is 59.1 Å². The van der Waals surface area contributed by atoms with Gasteiger partial charge in [0.15, 0.2) is 0 Å². The van der Waals surface area contributed by atoms with Crippen LogP contribution >= 0.6 is 11.6 Å². The first-order valence-corrected chi connectivity index (χ1v) is 14.8. The molecule has 0 aliphatic carbocycles. The molecule has 0 atom stereocenters. The topological polar surface area (TPSA) is 61.4 Å². The van der Waals surface area contributed by atoms with Gasteiger partial charge in [0.25, 0.3) is 5.91 Å². The number of benzene rings is 3. The predicted molar refractivity (Wildman–Crippen MR) is 167 cm³/mol. The Kier molecular flexibility index (Phi) is 9.91. The molecule has 1 aliphatic rings. The highest BCUT2D eigenvalue weighted by atomic mass is 35.5. The molecule has 3 aromatic carbocycles. The Morgan fingerprint density at radius 2 is 1.57 bits per heavy atom. The lowest BCUT2D eigenvalue weighted by Crippen LogP contribution is -2.44. The molecule has 47 heavy (non-hydrogen) atoms. The van der Waals surface area contributed by atoms with E-state index in [9.17, 15) is 31.1 Å². The number of nitrogens with zero attached hydrogens (tertiary/aromatic N) is 4. The highest BCUT2D eigenvalue weighted by Crippen LogP contribution is 2.37. The minimum absolute atomic E-state index is 0.0102. The van der Waals surface area contributed by atoms with E-state index in [-0.39, 0.29) is 40.3 Å². The SMILES string of the molecule is Cc1ccc(C(=O)Nc2ccc(CN3CCN(C)CC3)c(C(F)(F)F)c2)cc1C#Cc1ccc(-c2ccc(Cl)c(C(F)(F)F)c2)nn1. The number of nitrogens with one attached hydrogen (secondary N) is 1. The molecule has 1 N–H and O–H groups in total. The Morgan fingerprint density at radius 1 is 0.851 bits per heavy atom. The molecule has 1 saturated heterocycles. The molecule has 4 aromatic rings. The van der Waals surface area contributed by atoms with Gasteiger partial charge in [-0.05, 0) is 79.5 Å². The van der Waals surface area contributed by atoms with Crippen LogP contribution < -0.4 is 5.32 Å². The van der Waals surface area contributed by atoms with Gasteiger partial charge in [0.1, 0.15) is 5.69 Å². The summed E-state index contributed by atoms with van der Waals surface area (Å²) in [5.41, 5.74) is 0.336. The van der Waals surface area contributed by atoms with Gasteiger partial charge in [-0.2, -0.15) is 26.3 Å². The lowest BCUT2D eigenvalue weighted by atomic mass is 10.0. The number of likely N-dealkylation sites (N-methyl/N-ethyl adjacent to an activating group) is 1. The zero-order valence-corrected chi connectivity index (χ0v) is 26.0. The predicted octanol–water partition coefficient (Wildman–Crippen LogP) is 7.54. The van der Waals surface area contributed by atoms with E-state index < -0.39 is 34.4 Å². The van der Waals surface area contributed by atoms with Gasteiger partial charge in [0, 0.05) is 55.1 Å². The number of aryl methyl sites for hydroxylation is 1. The number of alkyl halides is 6. The molecule has 6 nitrogen and oxygen atoms in total. The van der Waals surface area contributed by atoms with Crippen LogP contribution in [0.4, 0.5) is 32.0 Å². The van der Waals surface area contributed by atoms with Crippen molar-refractivity contribution in [2.75, 3.05) is 38.5 Å². The van der Waals surface area contributed by atoms with Gasteiger partial charge >= 0.3 is 12.4 Å². The van der Waals surface area contributed by atoms with E-state index in [4.69, 9.17) is 11.6 Å². The number of hydrogen-bond acceptors (Lipinski definition) is 5. The third-order valence-corrected chi connectivity index (χ3v) is 8.05. The van der Waals surface area contributed by atoms with Crippen LogP contribution in [0.15, 0.2) is 66.7 Å². The molecule has 13 heteroatoms. The molecule has 2 heterocycles. The number of hydrogen-bond donors (Lipinski definition) is 1. The summed E-state index contributed by atoms with van der Waals surface area (Å²) in [6.07, 6.45) is -9.23. The maximum absolute atomic E-state index is 14.0. The number of halogens is 7. The van der Waals surface area contributed by atoms with Gasteiger partial charge in [0.05, 0.1) is 21.8 Å². The van der Waals surface area contributed by atoms with Crippen molar-refractivity contribution in [2.45, 2.75) is 25.8 Å². The Labute approximate surface area is 272 Å². The smallest absolute Gasteiger partial charge is 0.322 e. The van der Waals surface area contributed by atoms with E-state index in [1.165, 1.54) is 42.5 Å². The molecule has 0 bridgehead atoms. The van der Waals surface area contributed by atoms with Crippen LogP contribution in [-0.2, 0) is 18.9 Å². The van der Waals surface area contributed by atoms with Crippen molar-refractivity contribution in [1.29, 1.82) is 0 Å². The molecule has 0 unspecified atom stereocenters. The third-order valence-electron chi connectivity index (χ3n) is 7.72. The molecule has 0 radical (unpaired) electrons. The summed E-state index contributed by atoms with van der Waals surface area (Å²) < 4.78 is 81.7. The molecule has 1 aromatic heterocycles. The lowest BCUT2D eigenvalue weighted by molar-refractivity contribution is -0.138. The Morgan fingerprint density at radius 3 is 2.23 bits per heavy atom. The second-order valence-electron chi connectivity index (χ2n) is 11.2. The molecule has 1 amide bonds. The fourth-order valence-electron chi connectivity index (χ4n) is 4.99. The normalized spacial score (nSPS) is 14.4. The molecular weight excluding hydrogens is 644 g/mol. The average molecular weight is 672 g/mol. The fraction of sp³-hybridized carbons (Fsp3) is 0.265. The molecule has 1 fully saturated rings. The number of amides is 1. The Balaban J connectivity index is 1.31. The van der Waals surface area contributed by atoms with Gasteiger partial charge in [-0.3, -0.25) is 9.69 Å². The van der Waals surface area contributed by atoms with E-state index in [1.54, 1.807) is 13.0 Å². The van der Waals surface area contributed by atoms with Gasteiger partial charge in [0.2, 0.25) is 0 Å². The van der Waals surface area contributed by atoms with Crippen LogP contribution in [0, 0.1) is 18.8 Å². The summed E-state index contributed by atoms with van der Waals surface area (Å²) in [5, 5.41) is 10.1. The monoisotopic (exact) mass is 671 g/mol. The van der Waals surface area contributed by atoms with Crippen molar-refractivity contribution in [1.82, 2.24) is 20.0 Å². The second kappa shape index (κ2) is 13.7. The second-order valence-corrected chi connectivity index (χ2v) is 11.6. The number of rotatable bonds is 5. The highest BCUT2D eigenvalue weighted by molar-refractivity contribution is 6.31. The quantitative estimate of drug-likeness (QED) is 0.176.